The quantitative estimate of drug-likeness (QED) is 0.647. The van der Waals surface area contributed by atoms with Crippen molar-refractivity contribution in [1.29, 1.82) is 0 Å². The van der Waals surface area contributed by atoms with Gasteiger partial charge in [0, 0.05) is 13.1 Å². The van der Waals surface area contributed by atoms with Crippen molar-refractivity contribution in [2.24, 2.45) is 0 Å². The molecule has 2 aromatic rings. The van der Waals surface area contributed by atoms with E-state index in [1.165, 1.54) is 0 Å². The Kier molecular flexibility index (Phi) is 8.71. The number of carbonyl (C=O) groups is 2. The maximum atomic E-state index is 13.0. The highest BCUT2D eigenvalue weighted by Crippen LogP contribution is 2.18. The predicted octanol–water partition coefficient (Wildman–Crippen LogP) is 3.63. The number of amides is 2. The SMILES string of the molecule is CCCNC(=O)[C@@H](C)N(Cc1ccc(OC)cc1)C(=O)COc1ccc(C)c(C)c1. The van der Waals surface area contributed by atoms with Crippen molar-refractivity contribution in [3.8, 4) is 11.5 Å². The largest absolute Gasteiger partial charge is 0.497 e. The van der Waals surface area contributed by atoms with E-state index in [1.807, 2.05) is 63.2 Å². The van der Waals surface area contributed by atoms with Crippen molar-refractivity contribution in [2.75, 3.05) is 20.3 Å². The lowest BCUT2D eigenvalue weighted by Crippen LogP contribution is -2.49. The Balaban J connectivity index is 2.13. The van der Waals surface area contributed by atoms with E-state index in [0.29, 0.717) is 18.8 Å². The van der Waals surface area contributed by atoms with Crippen LogP contribution in [0.4, 0.5) is 0 Å². The first-order chi connectivity index (χ1) is 14.3. The van der Waals surface area contributed by atoms with Gasteiger partial charge in [-0.05, 0) is 68.1 Å². The molecule has 0 spiro atoms. The summed E-state index contributed by atoms with van der Waals surface area (Å²) < 4.78 is 10.9. The molecule has 0 radical (unpaired) electrons. The van der Waals surface area contributed by atoms with Crippen LogP contribution in [0.3, 0.4) is 0 Å². The molecule has 1 N–H and O–H groups in total. The number of aryl methyl sites for hydroxylation is 2. The third kappa shape index (κ3) is 6.51. The van der Waals surface area contributed by atoms with Gasteiger partial charge < -0.3 is 19.7 Å². The van der Waals surface area contributed by atoms with Gasteiger partial charge in [0.05, 0.1) is 7.11 Å². The summed E-state index contributed by atoms with van der Waals surface area (Å²) in [7, 11) is 1.61. The number of nitrogens with zero attached hydrogens (tertiary/aromatic N) is 1. The number of nitrogens with one attached hydrogen (secondary N) is 1. The minimum Gasteiger partial charge on any atom is -0.497 e. The number of benzene rings is 2. The number of carbonyl (C=O) groups excluding carboxylic acids is 2. The van der Waals surface area contributed by atoms with Gasteiger partial charge in [0.15, 0.2) is 6.61 Å². The Hall–Kier alpha value is -3.02. The predicted molar refractivity (Wildman–Crippen MR) is 118 cm³/mol. The maximum Gasteiger partial charge on any atom is 0.261 e. The molecule has 0 aliphatic heterocycles. The third-order valence-electron chi connectivity index (χ3n) is 5.07. The van der Waals surface area contributed by atoms with Crippen molar-refractivity contribution in [2.45, 2.75) is 46.7 Å². The molecule has 0 bridgehead atoms. The van der Waals surface area contributed by atoms with Gasteiger partial charge in [0.25, 0.3) is 5.91 Å². The van der Waals surface area contributed by atoms with Crippen molar-refractivity contribution in [3.05, 3.63) is 59.2 Å². The van der Waals surface area contributed by atoms with Gasteiger partial charge in [-0.1, -0.05) is 25.1 Å². The van der Waals surface area contributed by atoms with E-state index in [4.69, 9.17) is 9.47 Å². The van der Waals surface area contributed by atoms with E-state index in [0.717, 1.165) is 28.9 Å². The van der Waals surface area contributed by atoms with Gasteiger partial charge in [0.1, 0.15) is 17.5 Å². The molecule has 2 rings (SSSR count). The number of hydrogen-bond acceptors (Lipinski definition) is 4. The molecule has 0 aliphatic rings. The molecule has 1 atom stereocenters. The molecule has 0 aromatic heterocycles. The summed E-state index contributed by atoms with van der Waals surface area (Å²) in [6.07, 6.45) is 0.834. The number of ether oxygens (including phenoxy) is 2. The number of hydrogen-bond donors (Lipinski definition) is 1. The summed E-state index contributed by atoms with van der Waals surface area (Å²) in [6, 6.07) is 12.6. The second kappa shape index (κ2) is 11.2. The molecule has 162 valence electrons. The minimum atomic E-state index is -0.616. The van der Waals surface area contributed by atoms with Crippen LogP contribution in [0.25, 0.3) is 0 Å². The summed E-state index contributed by atoms with van der Waals surface area (Å²) in [5.74, 6) is 0.954. The highest BCUT2D eigenvalue weighted by molar-refractivity contribution is 5.87. The van der Waals surface area contributed by atoms with Gasteiger partial charge in [-0.3, -0.25) is 9.59 Å². The van der Waals surface area contributed by atoms with Crippen molar-refractivity contribution < 1.29 is 19.1 Å². The van der Waals surface area contributed by atoms with Crippen LogP contribution >= 0.6 is 0 Å². The topological polar surface area (TPSA) is 67.9 Å². The molecule has 6 nitrogen and oxygen atoms in total. The van der Waals surface area contributed by atoms with E-state index in [2.05, 4.69) is 5.32 Å². The molecule has 2 aromatic carbocycles. The number of methoxy groups -OCH3 is 1. The lowest BCUT2D eigenvalue weighted by atomic mass is 10.1. The maximum absolute atomic E-state index is 13.0. The highest BCUT2D eigenvalue weighted by Gasteiger charge is 2.26. The van der Waals surface area contributed by atoms with Gasteiger partial charge in [-0.25, -0.2) is 0 Å². The van der Waals surface area contributed by atoms with Crippen LogP contribution in [0.1, 0.15) is 37.0 Å². The van der Waals surface area contributed by atoms with Gasteiger partial charge in [-0.2, -0.15) is 0 Å². The minimum absolute atomic E-state index is 0.135. The average molecular weight is 413 g/mol. The summed E-state index contributed by atoms with van der Waals surface area (Å²) >= 11 is 0. The zero-order valence-electron chi connectivity index (χ0n) is 18.5. The van der Waals surface area contributed by atoms with Crippen molar-refractivity contribution in [1.82, 2.24) is 10.2 Å². The lowest BCUT2D eigenvalue weighted by molar-refractivity contribution is -0.142. The van der Waals surface area contributed by atoms with Crippen LogP contribution in [-0.4, -0.2) is 43.0 Å². The van der Waals surface area contributed by atoms with Gasteiger partial charge >= 0.3 is 0 Å². The number of rotatable bonds is 10. The summed E-state index contributed by atoms with van der Waals surface area (Å²) in [5, 5.41) is 2.87. The zero-order chi connectivity index (χ0) is 22.1. The van der Waals surface area contributed by atoms with E-state index < -0.39 is 6.04 Å². The fourth-order valence-electron chi connectivity index (χ4n) is 2.94. The summed E-state index contributed by atoms with van der Waals surface area (Å²) in [4.78, 5) is 27.1. The molecule has 0 aliphatic carbocycles. The first-order valence-corrected chi connectivity index (χ1v) is 10.3. The van der Waals surface area contributed by atoms with E-state index in [1.54, 1.807) is 18.9 Å². The molecule has 30 heavy (non-hydrogen) atoms. The van der Waals surface area contributed by atoms with Crippen LogP contribution in [0.2, 0.25) is 0 Å². The molecule has 0 fully saturated rings. The molecule has 0 heterocycles. The monoisotopic (exact) mass is 412 g/mol. The van der Waals surface area contributed by atoms with Crippen LogP contribution in [-0.2, 0) is 16.1 Å². The Morgan fingerprint density at radius 3 is 2.30 bits per heavy atom. The molecular formula is C24H32N2O4. The van der Waals surface area contributed by atoms with Gasteiger partial charge in [0.2, 0.25) is 5.91 Å². The molecular weight excluding hydrogens is 380 g/mol. The molecule has 6 heteroatoms. The Labute approximate surface area is 179 Å². The fraction of sp³-hybridized carbons (Fsp3) is 0.417. The summed E-state index contributed by atoms with van der Waals surface area (Å²) in [6.45, 7) is 8.50. The van der Waals surface area contributed by atoms with E-state index in [9.17, 15) is 9.59 Å². The Morgan fingerprint density at radius 2 is 1.70 bits per heavy atom. The summed E-state index contributed by atoms with van der Waals surface area (Å²) in [5.41, 5.74) is 3.17. The normalized spacial score (nSPS) is 11.5. The second-order valence-electron chi connectivity index (χ2n) is 7.37. The van der Waals surface area contributed by atoms with Crippen molar-refractivity contribution >= 4 is 11.8 Å². The molecule has 0 saturated heterocycles. The fourth-order valence-corrected chi connectivity index (χ4v) is 2.94. The average Bonchev–Trinajstić information content (AvgIpc) is 2.76. The van der Waals surface area contributed by atoms with Crippen LogP contribution in [0, 0.1) is 13.8 Å². The smallest absolute Gasteiger partial charge is 0.261 e. The van der Waals surface area contributed by atoms with Crippen LogP contribution in [0.15, 0.2) is 42.5 Å². The van der Waals surface area contributed by atoms with E-state index >= 15 is 0 Å². The van der Waals surface area contributed by atoms with E-state index in [-0.39, 0.29) is 18.4 Å². The second-order valence-corrected chi connectivity index (χ2v) is 7.37. The highest BCUT2D eigenvalue weighted by atomic mass is 16.5. The van der Waals surface area contributed by atoms with Gasteiger partial charge in [-0.15, -0.1) is 0 Å². The molecule has 2 amide bonds. The van der Waals surface area contributed by atoms with Crippen LogP contribution in [0.5, 0.6) is 11.5 Å². The lowest BCUT2D eigenvalue weighted by Gasteiger charge is -2.28. The third-order valence-corrected chi connectivity index (χ3v) is 5.07. The molecule has 0 unspecified atom stereocenters. The van der Waals surface area contributed by atoms with Crippen LogP contribution < -0.4 is 14.8 Å². The molecule has 0 saturated carbocycles. The Bertz CT molecular complexity index is 849. The standard InChI is InChI=1S/C24H32N2O4/c1-6-13-25-24(28)19(4)26(15-20-8-11-21(29-5)12-9-20)23(27)16-30-22-10-7-17(2)18(3)14-22/h7-12,14,19H,6,13,15-16H2,1-5H3,(H,25,28)/t19-/m1/s1. The first kappa shape index (κ1) is 23.3. The first-order valence-electron chi connectivity index (χ1n) is 10.3. The van der Waals surface area contributed by atoms with Crippen molar-refractivity contribution in [3.63, 3.8) is 0 Å². The zero-order valence-corrected chi connectivity index (χ0v) is 18.5. The Morgan fingerprint density at radius 1 is 1.03 bits per heavy atom.